The molecule has 0 saturated heterocycles. The lowest BCUT2D eigenvalue weighted by Gasteiger charge is -2.13. The highest BCUT2D eigenvalue weighted by Gasteiger charge is 2.17. The van der Waals surface area contributed by atoms with E-state index in [-0.39, 0.29) is 0 Å². The van der Waals surface area contributed by atoms with E-state index in [1.807, 2.05) is 30.3 Å². The monoisotopic (exact) mass is 626 g/mol. The van der Waals surface area contributed by atoms with Crippen molar-refractivity contribution in [1.29, 1.82) is 0 Å². The van der Waals surface area contributed by atoms with Crippen molar-refractivity contribution < 1.29 is 0 Å². The van der Waals surface area contributed by atoms with Crippen molar-refractivity contribution in [3.63, 3.8) is 0 Å². The van der Waals surface area contributed by atoms with Crippen LogP contribution in [0.3, 0.4) is 0 Å². The van der Waals surface area contributed by atoms with E-state index in [0.29, 0.717) is 5.82 Å². The van der Waals surface area contributed by atoms with Gasteiger partial charge in [0.1, 0.15) is 5.65 Å². The third-order valence-corrected chi connectivity index (χ3v) is 9.02. The van der Waals surface area contributed by atoms with Gasteiger partial charge < -0.3 is 0 Å². The molecule has 0 saturated carbocycles. The Morgan fingerprint density at radius 2 is 0.878 bits per heavy atom. The molecule has 0 N–H and O–H groups in total. The van der Waals surface area contributed by atoms with Crippen LogP contribution in [0.5, 0.6) is 0 Å². The highest BCUT2D eigenvalue weighted by atomic mass is 15.0. The summed E-state index contributed by atoms with van der Waals surface area (Å²) in [5.74, 6) is 0.700. The molecule has 4 nitrogen and oxygen atoms in total. The van der Waals surface area contributed by atoms with Gasteiger partial charge in [0, 0.05) is 33.8 Å². The SMILES string of the molecule is c1ccc(-c2cc(-c3ccc(-c4c(-c5ccccc5)nc5ccccn45)cc3)cc(-c3nc(-c4ccccc4)c4ccccc4n3)c2)cc1. The summed E-state index contributed by atoms with van der Waals surface area (Å²) in [6, 6.07) is 61.2. The lowest BCUT2D eigenvalue weighted by Crippen LogP contribution is -1.96. The summed E-state index contributed by atoms with van der Waals surface area (Å²) in [5, 5.41) is 1.04. The van der Waals surface area contributed by atoms with E-state index in [1.165, 1.54) is 0 Å². The van der Waals surface area contributed by atoms with Gasteiger partial charge in [-0.25, -0.2) is 15.0 Å². The fourth-order valence-electron chi connectivity index (χ4n) is 6.63. The highest BCUT2D eigenvalue weighted by molar-refractivity contribution is 5.94. The molecule has 0 bridgehead atoms. The number of benzene rings is 6. The Labute approximate surface area is 284 Å². The van der Waals surface area contributed by atoms with Crippen molar-refractivity contribution in [3.05, 3.63) is 182 Å². The number of hydrogen-bond acceptors (Lipinski definition) is 3. The predicted octanol–water partition coefficient (Wildman–Crippen LogP) is 11.3. The van der Waals surface area contributed by atoms with Gasteiger partial charge in [0.2, 0.25) is 0 Å². The molecule has 9 aromatic rings. The predicted molar refractivity (Wildman–Crippen MR) is 201 cm³/mol. The molecule has 0 amide bonds. The first-order valence-corrected chi connectivity index (χ1v) is 16.4. The summed E-state index contributed by atoms with van der Waals surface area (Å²) in [4.78, 5) is 15.3. The van der Waals surface area contributed by atoms with Crippen molar-refractivity contribution >= 4 is 16.6 Å². The van der Waals surface area contributed by atoms with E-state index in [9.17, 15) is 0 Å². The Balaban J connectivity index is 1.19. The Morgan fingerprint density at radius 3 is 1.57 bits per heavy atom. The molecular formula is C45H30N4. The molecule has 0 aliphatic carbocycles. The number of pyridine rings is 1. The molecule has 0 unspecified atom stereocenters. The summed E-state index contributed by atoms with van der Waals surface area (Å²) in [7, 11) is 0. The maximum Gasteiger partial charge on any atom is 0.160 e. The average molecular weight is 627 g/mol. The second-order valence-electron chi connectivity index (χ2n) is 12.1. The van der Waals surface area contributed by atoms with Crippen molar-refractivity contribution in [2.75, 3.05) is 0 Å². The van der Waals surface area contributed by atoms with Crippen LogP contribution >= 0.6 is 0 Å². The van der Waals surface area contributed by atoms with Gasteiger partial charge in [0.05, 0.1) is 22.6 Å². The molecule has 6 aromatic carbocycles. The van der Waals surface area contributed by atoms with Gasteiger partial charge in [0.15, 0.2) is 5.82 Å². The molecular weight excluding hydrogens is 597 g/mol. The topological polar surface area (TPSA) is 43.1 Å². The van der Waals surface area contributed by atoms with Crippen LogP contribution in [-0.4, -0.2) is 19.4 Å². The Hall–Kier alpha value is -6.65. The van der Waals surface area contributed by atoms with E-state index in [4.69, 9.17) is 15.0 Å². The highest BCUT2D eigenvalue weighted by Crippen LogP contribution is 2.37. The quantitative estimate of drug-likeness (QED) is 0.184. The van der Waals surface area contributed by atoms with Gasteiger partial charge in [-0.2, -0.15) is 0 Å². The standard InChI is InChI=1S/C45H30N4/c1-4-14-31(15-5-1)36-28-37(30-38(29-36)45-46-40-21-11-10-20-39(40)42(48-45)33-16-6-2-7-17-33)32-23-25-35(26-24-32)44-43(34-18-8-3-9-19-34)47-41-22-12-13-27-49(41)44/h1-30H. The Kier molecular flexibility index (Phi) is 7.10. The van der Waals surface area contributed by atoms with Gasteiger partial charge in [-0.15, -0.1) is 0 Å². The van der Waals surface area contributed by atoms with E-state index >= 15 is 0 Å². The molecule has 0 radical (unpaired) electrons. The van der Waals surface area contributed by atoms with E-state index in [2.05, 4.69) is 156 Å². The second-order valence-corrected chi connectivity index (χ2v) is 12.1. The molecule has 0 atom stereocenters. The summed E-state index contributed by atoms with van der Waals surface area (Å²) < 4.78 is 2.17. The largest absolute Gasteiger partial charge is 0.299 e. The zero-order chi connectivity index (χ0) is 32.6. The number of imidazole rings is 1. The van der Waals surface area contributed by atoms with Gasteiger partial charge in [-0.05, 0) is 58.7 Å². The lowest BCUT2D eigenvalue weighted by molar-refractivity contribution is 1.19. The normalized spacial score (nSPS) is 11.3. The van der Waals surface area contributed by atoms with Crippen LogP contribution in [0, 0.1) is 0 Å². The number of nitrogens with zero attached hydrogens (tertiary/aromatic N) is 4. The molecule has 0 spiro atoms. The Morgan fingerprint density at radius 1 is 0.347 bits per heavy atom. The first-order valence-electron chi connectivity index (χ1n) is 16.4. The summed E-state index contributed by atoms with van der Waals surface area (Å²) in [6.07, 6.45) is 2.08. The lowest BCUT2D eigenvalue weighted by atomic mass is 9.94. The summed E-state index contributed by atoms with van der Waals surface area (Å²) >= 11 is 0. The third kappa shape index (κ3) is 5.35. The first kappa shape index (κ1) is 28.6. The van der Waals surface area contributed by atoms with Crippen LogP contribution in [0.15, 0.2) is 182 Å². The van der Waals surface area contributed by atoms with Crippen LogP contribution in [0.25, 0.3) is 84.0 Å². The summed E-state index contributed by atoms with van der Waals surface area (Å²) in [5.41, 5.74) is 13.5. The zero-order valence-corrected chi connectivity index (χ0v) is 26.6. The average Bonchev–Trinajstić information content (AvgIpc) is 3.58. The number of hydrogen-bond donors (Lipinski definition) is 0. The van der Waals surface area contributed by atoms with E-state index < -0.39 is 0 Å². The first-order chi connectivity index (χ1) is 24.3. The van der Waals surface area contributed by atoms with Crippen LogP contribution < -0.4 is 0 Å². The molecule has 3 heterocycles. The number of rotatable bonds is 6. The van der Waals surface area contributed by atoms with Crippen molar-refractivity contribution in [1.82, 2.24) is 19.4 Å². The van der Waals surface area contributed by atoms with Gasteiger partial charge in [0.25, 0.3) is 0 Å². The molecule has 4 heteroatoms. The third-order valence-electron chi connectivity index (χ3n) is 9.02. The van der Waals surface area contributed by atoms with E-state index in [0.717, 1.165) is 78.1 Å². The minimum absolute atomic E-state index is 0.700. The Bertz CT molecular complexity index is 2570. The van der Waals surface area contributed by atoms with Crippen molar-refractivity contribution in [2.24, 2.45) is 0 Å². The van der Waals surface area contributed by atoms with E-state index in [1.54, 1.807) is 0 Å². The maximum atomic E-state index is 5.21. The summed E-state index contributed by atoms with van der Waals surface area (Å²) in [6.45, 7) is 0. The van der Waals surface area contributed by atoms with Gasteiger partial charge >= 0.3 is 0 Å². The number of para-hydroxylation sites is 1. The zero-order valence-electron chi connectivity index (χ0n) is 26.6. The van der Waals surface area contributed by atoms with Crippen LogP contribution in [0.2, 0.25) is 0 Å². The van der Waals surface area contributed by atoms with Crippen LogP contribution in [-0.2, 0) is 0 Å². The number of aromatic nitrogens is 4. The molecule has 9 rings (SSSR count). The number of fused-ring (bicyclic) bond motifs is 2. The van der Waals surface area contributed by atoms with Crippen LogP contribution in [0.1, 0.15) is 0 Å². The fraction of sp³-hybridized carbons (Fsp3) is 0. The van der Waals surface area contributed by atoms with Crippen molar-refractivity contribution in [3.8, 4) is 67.4 Å². The smallest absolute Gasteiger partial charge is 0.160 e. The molecule has 0 aliphatic rings. The maximum absolute atomic E-state index is 5.21. The molecule has 49 heavy (non-hydrogen) atoms. The van der Waals surface area contributed by atoms with Gasteiger partial charge in [-0.3, -0.25) is 4.40 Å². The van der Waals surface area contributed by atoms with Crippen LogP contribution in [0.4, 0.5) is 0 Å². The molecule has 0 aliphatic heterocycles. The fourth-order valence-corrected chi connectivity index (χ4v) is 6.63. The molecule has 3 aromatic heterocycles. The van der Waals surface area contributed by atoms with Crippen molar-refractivity contribution in [2.45, 2.75) is 0 Å². The second kappa shape index (κ2) is 12.2. The minimum Gasteiger partial charge on any atom is -0.299 e. The molecule has 0 fully saturated rings. The van der Waals surface area contributed by atoms with Gasteiger partial charge in [-0.1, -0.05) is 140 Å². The molecule has 230 valence electrons. The minimum atomic E-state index is 0.700.